The van der Waals surface area contributed by atoms with Gasteiger partial charge in [0.1, 0.15) is 0 Å². The summed E-state index contributed by atoms with van der Waals surface area (Å²) in [5, 5.41) is 2.74. The standard InChI is InChI=1S/C13H14N2O3/c14-5-13(6-18-7-13)12(17)8-1-2-10-9(3-8)4-11(16)15-10/h1-3H,4-7,14H2,(H,15,16). The van der Waals surface area contributed by atoms with Crippen LogP contribution in [0.2, 0.25) is 0 Å². The van der Waals surface area contributed by atoms with Gasteiger partial charge in [0.05, 0.1) is 25.0 Å². The molecule has 0 aromatic heterocycles. The molecule has 0 atom stereocenters. The number of amides is 1. The van der Waals surface area contributed by atoms with Crippen molar-refractivity contribution in [1.82, 2.24) is 0 Å². The molecule has 1 aromatic rings. The average molecular weight is 246 g/mol. The fraction of sp³-hybridized carbons (Fsp3) is 0.385. The van der Waals surface area contributed by atoms with E-state index in [9.17, 15) is 9.59 Å². The Hall–Kier alpha value is -1.72. The number of ketones is 1. The van der Waals surface area contributed by atoms with E-state index in [-0.39, 0.29) is 11.7 Å². The molecule has 0 bridgehead atoms. The maximum atomic E-state index is 12.4. The van der Waals surface area contributed by atoms with Gasteiger partial charge >= 0.3 is 0 Å². The zero-order valence-electron chi connectivity index (χ0n) is 9.86. The lowest BCUT2D eigenvalue weighted by atomic mass is 9.78. The van der Waals surface area contributed by atoms with Crippen molar-refractivity contribution in [3.63, 3.8) is 0 Å². The number of carbonyl (C=O) groups excluding carboxylic acids is 2. The predicted octanol–water partition coefficient (Wildman–Crippen LogP) is 0.339. The second-order valence-corrected chi connectivity index (χ2v) is 4.90. The van der Waals surface area contributed by atoms with Crippen LogP contribution in [0.5, 0.6) is 0 Å². The highest BCUT2D eigenvalue weighted by Crippen LogP contribution is 2.32. The molecule has 0 unspecified atom stereocenters. The van der Waals surface area contributed by atoms with Crippen molar-refractivity contribution in [1.29, 1.82) is 0 Å². The van der Waals surface area contributed by atoms with E-state index in [4.69, 9.17) is 10.5 Å². The van der Waals surface area contributed by atoms with Gasteiger partial charge in [0.2, 0.25) is 5.91 Å². The molecule has 18 heavy (non-hydrogen) atoms. The van der Waals surface area contributed by atoms with Crippen LogP contribution in [0.25, 0.3) is 0 Å². The minimum absolute atomic E-state index is 0.0124. The summed E-state index contributed by atoms with van der Waals surface area (Å²) in [5.41, 5.74) is 7.39. The average Bonchev–Trinajstić information content (AvgIpc) is 2.67. The fourth-order valence-electron chi connectivity index (χ4n) is 2.37. The lowest BCUT2D eigenvalue weighted by Crippen LogP contribution is -2.54. The van der Waals surface area contributed by atoms with Crippen LogP contribution >= 0.6 is 0 Å². The first-order valence-corrected chi connectivity index (χ1v) is 5.90. The highest BCUT2D eigenvalue weighted by atomic mass is 16.5. The van der Waals surface area contributed by atoms with E-state index in [2.05, 4.69) is 5.32 Å². The van der Waals surface area contributed by atoms with Crippen LogP contribution in [0.15, 0.2) is 18.2 Å². The third kappa shape index (κ3) is 1.55. The number of ether oxygens (including phenoxy) is 1. The zero-order chi connectivity index (χ0) is 12.8. The SMILES string of the molecule is NCC1(C(=O)c2ccc3c(c2)CC(=O)N3)COC1. The van der Waals surface area contributed by atoms with E-state index in [0.29, 0.717) is 31.7 Å². The van der Waals surface area contributed by atoms with E-state index in [1.165, 1.54) is 0 Å². The van der Waals surface area contributed by atoms with Gasteiger partial charge in [-0.1, -0.05) is 0 Å². The second kappa shape index (κ2) is 3.90. The first-order valence-electron chi connectivity index (χ1n) is 5.90. The Morgan fingerprint density at radius 1 is 1.44 bits per heavy atom. The third-order valence-corrected chi connectivity index (χ3v) is 3.62. The molecule has 0 saturated carbocycles. The Morgan fingerprint density at radius 2 is 2.22 bits per heavy atom. The van der Waals surface area contributed by atoms with Crippen LogP contribution in [0.4, 0.5) is 5.69 Å². The minimum Gasteiger partial charge on any atom is -0.379 e. The van der Waals surface area contributed by atoms with E-state index < -0.39 is 5.41 Å². The Labute approximate surface area is 104 Å². The van der Waals surface area contributed by atoms with Gasteiger partial charge in [-0.2, -0.15) is 0 Å². The first-order chi connectivity index (χ1) is 8.64. The molecule has 2 aliphatic heterocycles. The number of rotatable bonds is 3. The number of nitrogens with one attached hydrogen (secondary N) is 1. The first kappa shape index (κ1) is 11.4. The number of hydrogen-bond acceptors (Lipinski definition) is 4. The Morgan fingerprint density at radius 3 is 2.83 bits per heavy atom. The number of anilines is 1. The van der Waals surface area contributed by atoms with Gasteiger partial charge in [0.25, 0.3) is 0 Å². The molecule has 0 aliphatic carbocycles. The van der Waals surface area contributed by atoms with E-state index in [0.717, 1.165) is 11.3 Å². The van der Waals surface area contributed by atoms with Crippen molar-refractivity contribution < 1.29 is 14.3 Å². The molecule has 0 spiro atoms. The van der Waals surface area contributed by atoms with Crippen molar-refractivity contribution in [2.45, 2.75) is 6.42 Å². The molecule has 94 valence electrons. The van der Waals surface area contributed by atoms with Crippen LogP contribution in [0.1, 0.15) is 15.9 Å². The largest absolute Gasteiger partial charge is 0.379 e. The van der Waals surface area contributed by atoms with Crippen molar-refractivity contribution in [3.8, 4) is 0 Å². The predicted molar refractivity (Wildman–Crippen MR) is 65.4 cm³/mol. The van der Waals surface area contributed by atoms with Gasteiger partial charge in [-0.05, 0) is 23.8 Å². The molecule has 1 saturated heterocycles. The monoisotopic (exact) mass is 246 g/mol. The summed E-state index contributed by atoms with van der Waals surface area (Å²) in [6.45, 7) is 1.06. The number of fused-ring (bicyclic) bond motifs is 1. The Kier molecular flexibility index (Phi) is 2.46. The van der Waals surface area contributed by atoms with Crippen LogP contribution in [-0.4, -0.2) is 31.4 Å². The molecule has 5 nitrogen and oxygen atoms in total. The number of hydrogen-bond donors (Lipinski definition) is 2. The summed E-state index contributed by atoms with van der Waals surface area (Å²) in [6, 6.07) is 5.30. The maximum absolute atomic E-state index is 12.4. The molecule has 0 radical (unpaired) electrons. The molecule has 1 amide bonds. The molecule has 5 heteroatoms. The smallest absolute Gasteiger partial charge is 0.228 e. The summed E-state index contributed by atoms with van der Waals surface area (Å²) in [6.07, 6.45) is 0.336. The topological polar surface area (TPSA) is 81.4 Å². The highest BCUT2D eigenvalue weighted by molar-refractivity contribution is 6.04. The van der Waals surface area contributed by atoms with E-state index >= 15 is 0 Å². The summed E-state index contributed by atoms with van der Waals surface area (Å²) in [5.74, 6) is -0.0199. The lowest BCUT2D eigenvalue weighted by molar-refractivity contribution is -0.115. The Balaban J connectivity index is 1.92. The molecule has 2 aliphatic rings. The van der Waals surface area contributed by atoms with E-state index in [1.807, 2.05) is 0 Å². The highest BCUT2D eigenvalue weighted by Gasteiger charge is 2.45. The van der Waals surface area contributed by atoms with Gasteiger partial charge in [0.15, 0.2) is 5.78 Å². The van der Waals surface area contributed by atoms with Crippen molar-refractivity contribution >= 4 is 17.4 Å². The number of carbonyl (C=O) groups is 2. The van der Waals surface area contributed by atoms with Gasteiger partial charge in [0, 0.05) is 17.8 Å². The molecule has 2 heterocycles. The molecular formula is C13H14N2O3. The van der Waals surface area contributed by atoms with Gasteiger partial charge < -0.3 is 15.8 Å². The summed E-state index contributed by atoms with van der Waals surface area (Å²) < 4.78 is 5.11. The maximum Gasteiger partial charge on any atom is 0.228 e. The van der Waals surface area contributed by atoms with Gasteiger partial charge in [-0.25, -0.2) is 0 Å². The van der Waals surface area contributed by atoms with Crippen LogP contribution in [-0.2, 0) is 16.0 Å². The number of benzene rings is 1. The zero-order valence-corrected chi connectivity index (χ0v) is 9.86. The van der Waals surface area contributed by atoms with Gasteiger partial charge in [-0.15, -0.1) is 0 Å². The summed E-state index contributed by atoms with van der Waals surface area (Å²) in [7, 11) is 0. The minimum atomic E-state index is -0.565. The van der Waals surface area contributed by atoms with Crippen LogP contribution in [0.3, 0.4) is 0 Å². The van der Waals surface area contributed by atoms with Crippen LogP contribution in [0, 0.1) is 5.41 Å². The van der Waals surface area contributed by atoms with E-state index in [1.54, 1.807) is 18.2 Å². The normalized spacial score (nSPS) is 19.9. The fourth-order valence-corrected chi connectivity index (χ4v) is 2.37. The second-order valence-electron chi connectivity index (χ2n) is 4.90. The lowest BCUT2D eigenvalue weighted by Gasteiger charge is -2.38. The van der Waals surface area contributed by atoms with Crippen molar-refractivity contribution in [2.24, 2.45) is 11.1 Å². The van der Waals surface area contributed by atoms with Crippen molar-refractivity contribution in [2.75, 3.05) is 25.1 Å². The molecule has 3 N–H and O–H groups in total. The third-order valence-electron chi connectivity index (χ3n) is 3.62. The summed E-state index contributed by atoms with van der Waals surface area (Å²) >= 11 is 0. The van der Waals surface area contributed by atoms with Gasteiger partial charge in [-0.3, -0.25) is 9.59 Å². The molecule has 1 aromatic carbocycles. The molecular weight excluding hydrogens is 232 g/mol. The Bertz CT molecular complexity index is 530. The van der Waals surface area contributed by atoms with Crippen LogP contribution < -0.4 is 11.1 Å². The quantitative estimate of drug-likeness (QED) is 0.753. The molecule has 3 rings (SSSR count). The van der Waals surface area contributed by atoms with Crippen molar-refractivity contribution in [3.05, 3.63) is 29.3 Å². The summed E-state index contributed by atoms with van der Waals surface area (Å²) in [4.78, 5) is 23.7. The number of Topliss-reactive ketones (excluding diaryl/α,β-unsaturated/α-hetero) is 1. The molecule has 1 fully saturated rings. The number of nitrogens with two attached hydrogens (primary N) is 1.